The third kappa shape index (κ3) is 3.16. The summed E-state index contributed by atoms with van der Waals surface area (Å²) >= 11 is 0. The van der Waals surface area contributed by atoms with E-state index in [1.54, 1.807) is 7.11 Å². The molecule has 2 aliphatic rings. The van der Waals surface area contributed by atoms with E-state index in [4.69, 9.17) is 4.74 Å². The highest BCUT2D eigenvalue weighted by molar-refractivity contribution is 5.82. The standard InChI is InChI=1S/C15H25N5O2/c1-17-5-7-19-8-6-18(11-13(19)15(17)21)12-14-16-3-4-20(14)9-10-22-2/h3-4,13H,5-12H2,1-2H3. The van der Waals surface area contributed by atoms with Crippen LogP contribution < -0.4 is 0 Å². The summed E-state index contributed by atoms with van der Waals surface area (Å²) in [5.41, 5.74) is 0. The van der Waals surface area contributed by atoms with Crippen molar-refractivity contribution in [3.8, 4) is 0 Å². The lowest BCUT2D eigenvalue weighted by atomic mass is 10.1. The molecule has 1 aromatic heterocycles. The first kappa shape index (κ1) is 15.5. The molecule has 0 N–H and O–H groups in total. The average molecular weight is 307 g/mol. The monoisotopic (exact) mass is 307 g/mol. The smallest absolute Gasteiger partial charge is 0.241 e. The van der Waals surface area contributed by atoms with Gasteiger partial charge in [0.2, 0.25) is 5.91 Å². The van der Waals surface area contributed by atoms with E-state index in [1.165, 1.54) is 0 Å². The van der Waals surface area contributed by atoms with Gasteiger partial charge in [0.25, 0.3) is 0 Å². The number of amides is 1. The van der Waals surface area contributed by atoms with Gasteiger partial charge in [0.05, 0.1) is 13.2 Å². The molecule has 1 amide bonds. The van der Waals surface area contributed by atoms with Gasteiger partial charge in [0.15, 0.2) is 0 Å². The Hall–Kier alpha value is -1.44. The van der Waals surface area contributed by atoms with Crippen molar-refractivity contribution in [1.29, 1.82) is 0 Å². The molecule has 7 nitrogen and oxygen atoms in total. The molecule has 122 valence electrons. The summed E-state index contributed by atoms with van der Waals surface area (Å²) in [6.45, 7) is 6.87. The molecule has 1 aromatic rings. The summed E-state index contributed by atoms with van der Waals surface area (Å²) in [6.07, 6.45) is 3.82. The zero-order chi connectivity index (χ0) is 15.5. The molecule has 2 aliphatic heterocycles. The van der Waals surface area contributed by atoms with Crippen LogP contribution in [0, 0.1) is 0 Å². The maximum Gasteiger partial charge on any atom is 0.241 e. The fourth-order valence-electron chi connectivity index (χ4n) is 3.25. The molecule has 0 saturated carbocycles. The van der Waals surface area contributed by atoms with Crippen molar-refractivity contribution in [2.24, 2.45) is 0 Å². The van der Waals surface area contributed by atoms with Crippen LogP contribution in [-0.4, -0.2) is 89.7 Å². The van der Waals surface area contributed by atoms with Gasteiger partial charge in [0, 0.05) is 65.8 Å². The molecule has 0 radical (unpaired) electrons. The lowest BCUT2D eigenvalue weighted by Crippen LogP contribution is -2.63. The normalized spacial score (nSPS) is 23.8. The molecule has 0 bridgehead atoms. The number of likely N-dealkylation sites (N-methyl/N-ethyl adjacent to an activating group) is 1. The highest BCUT2D eigenvalue weighted by Gasteiger charge is 2.37. The average Bonchev–Trinajstić information content (AvgIpc) is 2.96. The van der Waals surface area contributed by atoms with E-state index in [9.17, 15) is 4.79 Å². The molecule has 2 saturated heterocycles. The van der Waals surface area contributed by atoms with E-state index in [0.29, 0.717) is 6.61 Å². The zero-order valence-electron chi connectivity index (χ0n) is 13.4. The molecular weight excluding hydrogens is 282 g/mol. The molecule has 2 fully saturated rings. The SMILES string of the molecule is COCCn1ccnc1CN1CCN2CCN(C)C(=O)C2C1. The molecular formula is C15H25N5O2. The Labute approximate surface area is 131 Å². The van der Waals surface area contributed by atoms with Crippen LogP contribution in [0.1, 0.15) is 5.82 Å². The first-order valence-electron chi connectivity index (χ1n) is 7.89. The number of nitrogens with zero attached hydrogens (tertiary/aromatic N) is 5. The van der Waals surface area contributed by atoms with E-state index in [2.05, 4.69) is 19.4 Å². The van der Waals surface area contributed by atoms with Crippen LogP contribution in [-0.2, 0) is 22.6 Å². The lowest BCUT2D eigenvalue weighted by molar-refractivity contribution is -0.143. The van der Waals surface area contributed by atoms with E-state index < -0.39 is 0 Å². The summed E-state index contributed by atoms with van der Waals surface area (Å²) in [5.74, 6) is 1.29. The first-order valence-corrected chi connectivity index (χ1v) is 7.89. The molecule has 1 atom stereocenters. The molecule has 22 heavy (non-hydrogen) atoms. The Balaban J connectivity index is 1.62. The second kappa shape index (κ2) is 6.76. The van der Waals surface area contributed by atoms with Crippen molar-refractivity contribution in [3.05, 3.63) is 18.2 Å². The number of carbonyl (C=O) groups excluding carboxylic acids is 1. The second-order valence-corrected chi connectivity index (χ2v) is 6.08. The van der Waals surface area contributed by atoms with Gasteiger partial charge in [-0.25, -0.2) is 4.98 Å². The number of imidazole rings is 1. The summed E-state index contributed by atoms with van der Waals surface area (Å²) in [5, 5.41) is 0. The van der Waals surface area contributed by atoms with Crippen molar-refractivity contribution < 1.29 is 9.53 Å². The van der Waals surface area contributed by atoms with Crippen molar-refractivity contribution in [2.45, 2.75) is 19.1 Å². The molecule has 3 heterocycles. The Bertz CT molecular complexity index is 518. The molecule has 0 aliphatic carbocycles. The van der Waals surface area contributed by atoms with E-state index >= 15 is 0 Å². The second-order valence-electron chi connectivity index (χ2n) is 6.08. The number of aromatic nitrogens is 2. The minimum Gasteiger partial charge on any atom is -0.383 e. The van der Waals surface area contributed by atoms with E-state index in [-0.39, 0.29) is 11.9 Å². The third-order valence-electron chi connectivity index (χ3n) is 4.66. The minimum absolute atomic E-state index is 0.00915. The van der Waals surface area contributed by atoms with Gasteiger partial charge >= 0.3 is 0 Å². The highest BCUT2D eigenvalue weighted by atomic mass is 16.5. The van der Waals surface area contributed by atoms with Gasteiger partial charge < -0.3 is 14.2 Å². The Morgan fingerprint density at radius 3 is 2.95 bits per heavy atom. The van der Waals surface area contributed by atoms with Gasteiger partial charge in [-0.3, -0.25) is 14.6 Å². The predicted octanol–water partition coefficient (Wildman–Crippen LogP) is -0.512. The molecule has 0 spiro atoms. The van der Waals surface area contributed by atoms with Gasteiger partial charge in [-0.1, -0.05) is 0 Å². The summed E-state index contributed by atoms with van der Waals surface area (Å²) < 4.78 is 7.27. The minimum atomic E-state index is 0.00915. The molecule has 3 rings (SSSR count). The summed E-state index contributed by atoms with van der Waals surface area (Å²) in [6, 6.07) is 0.00915. The number of ether oxygens (including phenoxy) is 1. The lowest BCUT2D eigenvalue weighted by Gasteiger charge is -2.45. The van der Waals surface area contributed by atoms with Crippen LogP contribution in [0.4, 0.5) is 0 Å². The van der Waals surface area contributed by atoms with Crippen molar-refractivity contribution >= 4 is 5.91 Å². The van der Waals surface area contributed by atoms with Gasteiger partial charge in [-0.15, -0.1) is 0 Å². The number of piperazine rings is 2. The van der Waals surface area contributed by atoms with E-state index in [0.717, 1.165) is 51.6 Å². The van der Waals surface area contributed by atoms with Crippen molar-refractivity contribution in [1.82, 2.24) is 24.3 Å². The molecule has 1 unspecified atom stereocenters. The van der Waals surface area contributed by atoms with Crippen LogP contribution in [0.15, 0.2) is 12.4 Å². The Morgan fingerprint density at radius 1 is 1.32 bits per heavy atom. The quantitative estimate of drug-likeness (QED) is 0.733. The predicted molar refractivity (Wildman–Crippen MR) is 82.4 cm³/mol. The van der Waals surface area contributed by atoms with Gasteiger partial charge in [0.1, 0.15) is 11.9 Å². The first-order chi connectivity index (χ1) is 10.7. The Kier molecular flexibility index (Phi) is 4.75. The fourth-order valence-corrected chi connectivity index (χ4v) is 3.25. The van der Waals surface area contributed by atoms with Crippen LogP contribution >= 0.6 is 0 Å². The summed E-state index contributed by atoms with van der Waals surface area (Å²) in [4.78, 5) is 23.3. The topological polar surface area (TPSA) is 53.8 Å². The maximum atomic E-state index is 12.3. The number of hydrogen-bond donors (Lipinski definition) is 0. The van der Waals surface area contributed by atoms with Crippen molar-refractivity contribution in [3.63, 3.8) is 0 Å². The van der Waals surface area contributed by atoms with Crippen LogP contribution in [0.5, 0.6) is 0 Å². The number of hydrogen-bond acceptors (Lipinski definition) is 5. The number of fused-ring (bicyclic) bond motifs is 1. The highest BCUT2D eigenvalue weighted by Crippen LogP contribution is 2.17. The summed E-state index contributed by atoms with van der Waals surface area (Å²) in [7, 11) is 3.61. The third-order valence-corrected chi connectivity index (χ3v) is 4.66. The number of rotatable bonds is 5. The van der Waals surface area contributed by atoms with Gasteiger partial charge in [-0.2, -0.15) is 0 Å². The fraction of sp³-hybridized carbons (Fsp3) is 0.733. The van der Waals surface area contributed by atoms with Crippen LogP contribution in [0.2, 0.25) is 0 Å². The molecule has 7 heteroatoms. The largest absolute Gasteiger partial charge is 0.383 e. The van der Waals surface area contributed by atoms with Gasteiger partial charge in [-0.05, 0) is 0 Å². The van der Waals surface area contributed by atoms with Crippen molar-refractivity contribution in [2.75, 3.05) is 53.5 Å². The Morgan fingerprint density at radius 2 is 2.14 bits per heavy atom. The number of carbonyl (C=O) groups is 1. The molecule has 0 aromatic carbocycles. The number of methoxy groups -OCH3 is 1. The van der Waals surface area contributed by atoms with Crippen LogP contribution in [0.3, 0.4) is 0 Å². The maximum absolute atomic E-state index is 12.3. The van der Waals surface area contributed by atoms with Crippen LogP contribution in [0.25, 0.3) is 0 Å². The van der Waals surface area contributed by atoms with E-state index in [1.807, 2.05) is 24.3 Å². The zero-order valence-corrected chi connectivity index (χ0v) is 13.4.